The Balaban J connectivity index is 1.76. The summed E-state index contributed by atoms with van der Waals surface area (Å²) in [6, 6.07) is 7.29. The summed E-state index contributed by atoms with van der Waals surface area (Å²) >= 11 is 4.77. The fourth-order valence-corrected chi connectivity index (χ4v) is 7.08. The molecule has 0 aliphatic carbocycles. The lowest BCUT2D eigenvalue weighted by atomic mass is 9.95. The minimum atomic E-state index is -0.890. The van der Waals surface area contributed by atoms with Crippen LogP contribution in [0.15, 0.2) is 55.9 Å². The molecule has 0 amide bonds. The highest BCUT2D eigenvalue weighted by Gasteiger charge is 2.35. The number of allylic oxidation sites excluding steroid dienone is 1. The molecule has 2 aliphatic rings. The number of nitro benzene ring substituents is 1. The normalized spacial score (nSPS) is 16.9. The van der Waals surface area contributed by atoms with E-state index in [1.807, 2.05) is 0 Å². The van der Waals surface area contributed by atoms with Gasteiger partial charge in [-0.05, 0) is 62.9 Å². The van der Waals surface area contributed by atoms with Crippen molar-refractivity contribution in [2.24, 2.45) is 4.99 Å². The summed E-state index contributed by atoms with van der Waals surface area (Å²) < 4.78 is 18.8. The molecule has 226 valence electrons. The molecule has 2 aliphatic heterocycles. The second-order valence-electron chi connectivity index (χ2n) is 10.1. The van der Waals surface area contributed by atoms with Crippen LogP contribution in [0.1, 0.15) is 50.3 Å². The number of hydrogen-bond acceptors (Lipinski definition) is 10. The monoisotopic (exact) mass is 670 g/mol. The summed E-state index contributed by atoms with van der Waals surface area (Å²) in [7, 11) is 3.03. The summed E-state index contributed by atoms with van der Waals surface area (Å²) in [5, 5.41) is 11.7. The lowest BCUT2D eigenvalue weighted by Crippen LogP contribution is -2.40. The van der Waals surface area contributed by atoms with Gasteiger partial charge in [0, 0.05) is 40.9 Å². The number of methoxy groups -OCH3 is 2. The van der Waals surface area contributed by atoms with Gasteiger partial charge in [-0.2, -0.15) is 0 Å². The van der Waals surface area contributed by atoms with Gasteiger partial charge in [-0.3, -0.25) is 19.5 Å². The van der Waals surface area contributed by atoms with Crippen LogP contribution in [0, 0.1) is 10.1 Å². The van der Waals surface area contributed by atoms with Gasteiger partial charge in [-0.25, -0.2) is 9.79 Å². The van der Waals surface area contributed by atoms with Gasteiger partial charge in [0.1, 0.15) is 0 Å². The number of ether oxygens (including phenoxy) is 3. The largest absolute Gasteiger partial charge is 0.493 e. The first kappa shape index (κ1) is 30.5. The van der Waals surface area contributed by atoms with Gasteiger partial charge in [-0.1, -0.05) is 27.3 Å². The van der Waals surface area contributed by atoms with Crippen LogP contribution >= 0.6 is 27.3 Å². The van der Waals surface area contributed by atoms with Crippen LogP contribution in [0.3, 0.4) is 0 Å². The van der Waals surface area contributed by atoms with Crippen molar-refractivity contribution in [2.45, 2.75) is 39.2 Å². The average Bonchev–Trinajstić information content (AvgIpc) is 3.30. The van der Waals surface area contributed by atoms with E-state index in [9.17, 15) is 19.7 Å². The Morgan fingerprint density at radius 3 is 2.51 bits per heavy atom. The van der Waals surface area contributed by atoms with Crippen LogP contribution in [-0.4, -0.2) is 49.4 Å². The number of anilines is 1. The number of hydrogen-bond donors (Lipinski definition) is 0. The van der Waals surface area contributed by atoms with E-state index in [-0.39, 0.29) is 23.4 Å². The maximum absolute atomic E-state index is 14.2. The van der Waals surface area contributed by atoms with E-state index in [2.05, 4.69) is 25.8 Å². The fourth-order valence-electron chi connectivity index (χ4n) is 5.50. The van der Waals surface area contributed by atoms with Gasteiger partial charge < -0.3 is 19.1 Å². The molecular weight excluding hydrogens is 640 g/mol. The smallest absolute Gasteiger partial charge is 0.338 e. The zero-order chi connectivity index (χ0) is 30.8. The van der Waals surface area contributed by atoms with Gasteiger partial charge in [0.15, 0.2) is 16.3 Å². The molecule has 0 radical (unpaired) electrons. The maximum atomic E-state index is 14.2. The molecule has 13 heteroatoms. The molecule has 1 unspecified atom stereocenters. The number of nitro groups is 1. The Kier molecular flexibility index (Phi) is 9.02. The molecule has 1 aromatic heterocycles. The maximum Gasteiger partial charge on any atom is 0.338 e. The van der Waals surface area contributed by atoms with Crippen molar-refractivity contribution < 1.29 is 23.9 Å². The van der Waals surface area contributed by atoms with E-state index in [1.165, 1.54) is 30.9 Å². The van der Waals surface area contributed by atoms with E-state index in [4.69, 9.17) is 14.2 Å². The van der Waals surface area contributed by atoms with Crippen molar-refractivity contribution in [1.29, 1.82) is 0 Å². The quantitative estimate of drug-likeness (QED) is 0.195. The minimum Gasteiger partial charge on any atom is -0.493 e. The van der Waals surface area contributed by atoms with Crippen molar-refractivity contribution in [3.8, 4) is 11.5 Å². The van der Waals surface area contributed by atoms with Gasteiger partial charge in [0.25, 0.3) is 11.2 Å². The Hall–Kier alpha value is -3.97. The van der Waals surface area contributed by atoms with Crippen molar-refractivity contribution in [3.63, 3.8) is 0 Å². The Morgan fingerprint density at radius 2 is 1.86 bits per heavy atom. The van der Waals surface area contributed by atoms with Crippen LogP contribution in [0.5, 0.6) is 11.5 Å². The third-order valence-corrected chi connectivity index (χ3v) is 9.19. The van der Waals surface area contributed by atoms with Crippen LogP contribution in [0.4, 0.5) is 11.4 Å². The summed E-state index contributed by atoms with van der Waals surface area (Å²) in [5.41, 5.74) is 2.17. The predicted molar refractivity (Wildman–Crippen MR) is 167 cm³/mol. The van der Waals surface area contributed by atoms with Gasteiger partial charge in [-0.15, -0.1) is 0 Å². The number of rotatable bonds is 8. The highest BCUT2D eigenvalue weighted by molar-refractivity contribution is 9.10. The molecule has 1 atom stereocenters. The SMILES string of the molecule is CCOC(=O)C1=C(C)N=c2sc(=Cc3cc([N+](=O)[O-])ccc3N3CCCCC3)c(=O)n2C1c1cc(OC)c(OC)cc1Br. The molecule has 0 spiro atoms. The molecule has 43 heavy (non-hydrogen) atoms. The van der Waals surface area contributed by atoms with Crippen molar-refractivity contribution in [2.75, 3.05) is 38.8 Å². The van der Waals surface area contributed by atoms with E-state index >= 15 is 0 Å². The number of nitrogens with zero attached hydrogens (tertiary/aromatic N) is 4. The van der Waals surface area contributed by atoms with Crippen molar-refractivity contribution in [3.05, 3.63) is 87.0 Å². The molecule has 3 aromatic rings. The van der Waals surface area contributed by atoms with Gasteiger partial charge in [0.05, 0.1) is 47.6 Å². The number of benzene rings is 2. The standard InChI is InChI=1S/C30H31BrN4O7S/c1-5-42-29(37)26-17(2)32-30-34(27(26)20-15-23(40-3)24(41-4)16-21(20)31)28(36)25(43-30)14-18-13-19(35(38)39)9-10-22(18)33-11-7-6-8-12-33/h9-10,13-16,27H,5-8,11-12H2,1-4H3. The Morgan fingerprint density at radius 1 is 1.16 bits per heavy atom. The Labute approximate surface area is 260 Å². The number of esters is 1. The first-order valence-corrected chi connectivity index (χ1v) is 15.4. The summed E-state index contributed by atoms with van der Waals surface area (Å²) in [4.78, 5) is 46.0. The molecule has 2 aromatic carbocycles. The summed E-state index contributed by atoms with van der Waals surface area (Å²) in [6.07, 6.45) is 4.86. The number of piperidine rings is 1. The lowest BCUT2D eigenvalue weighted by Gasteiger charge is -2.30. The predicted octanol–water partition coefficient (Wildman–Crippen LogP) is 4.48. The second kappa shape index (κ2) is 12.7. The third kappa shape index (κ3) is 5.83. The topological polar surface area (TPSA) is 126 Å². The van der Waals surface area contributed by atoms with E-state index in [1.54, 1.807) is 38.1 Å². The molecule has 0 bridgehead atoms. The van der Waals surface area contributed by atoms with Crippen molar-refractivity contribution in [1.82, 2.24) is 4.57 Å². The number of aromatic nitrogens is 1. The summed E-state index contributed by atoms with van der Waals surface area (Å²) in [5.74, 6) is 0.305. The minimum absolute atomic E-state index is 0.0626. The lowest BCUT2D eigenvalue weighted by molar-refractivity contribution is -0.384. The fraction of sp³-hybridized carbons (Fsp3) is 0.367. The molecule has 1 fully saturated rings. The zero-order valence-electron chi connectivity index (χ0n) is 24.2. The molecule has 0 saturated carbocycles. The van der Waals surface area contributed by atoms with Crippen LogP contribution in [0.2, 0.25) is 0 Å². The van der Waals surface area contributed by atoms with Crippen LogP contribution < -0.4 is 29.3 Å². The number of non-ortho nitro benzene ring substituents is 1. The molecule has 3 heterocycles. The molecule has 11 nitrogen and oxygen atoms in total. The van der Waals surface area contributed by atoms with E-state index in [0.717, 1.165) is 49.4 Å². The number of carbonyl (C=O) groups excluding carboxylic acids is 1. The third-order valence-electron chi connectivity index (χ3n) is 7.52. The van der Waals surface area contributed by atoms with Crippen LogP contribution in [-0.2, 0) is 9.53 Å². The van der Waals surface area contributed by atoms with Crippen LogP contribution in [0.25, 0.3) is 6.08 Å². The number of carbonyl (C=O) groups is 1. The molecule has 1 saturated heterocycles. The van der Waals surface area contributed by atoms with E-state index < -0.39 is 16.9 Å². The van der Waals surface area contributed by atoms with E-state index in [0.29, 0.717) is 42.1 Å². The Bertz CT molecular complexity index is 1810. The number of fused-ring (bicyclic) bond motifs is 1. The highest BCUT2D eigenvalue weighted by atomic mass is 79.9. The first-order chi connectivity index (χ1) is 20.7. The zero-order valence-corrected chi connectivity index (χ0v) is 26.6. The average molecular weight is 672 g/mol. The van der Waals surface area contributed by atoms with Gasteiger partial charge in [0.2, 0.25) is 0 Å². The first-order valence-electron chi connectivity index (χ1n) is 13.8. The van der Waals surface area contributed by atoms with Crippen molar-refractivity contribution >= 4 is 50.7 Å². The molecule has 0 N–H and O–H groups in total. The van der Waals surface area contributed by atoms with Gasteiger partial charge >= 0.3 is 5.97 Å². The highest BCUT2D eigenvalue weighted by Crippen LogP contribution is 2.41. The number of thiazole rings is 1. The summed E-state index contributed by atoms with van der Waals surface area (Å²) in [6.45, 7) is 5.22. The molecular formula is C30H31BrN4O7S. The molecule has 5 rings (SSSR count). The number of halogens is 1. The second-order valence-corrected chi connectivity index (χ2v) is 11.9.